The topological polar surface area (TPSA) is 50.7 Å². The molecule has 2 rings (SSSR count). The first-order valence-electron chi connectivity index (χ1n) is 7.43. The van der Waals surface area contributed by atoms with Crippen LogP contribution in [0, 0.1) is 5.82 Å². The molecule has 4 nitrogen and oxygen atoms in total. The van der Waals surface area contributed by atoms with Crippen molar-refractivity contribution in [2.75, 3.05) is 20.8 Å². The van der Waals surface area contributed by atoms with Gasteiger partial charge >= 0.3 is 0 Å². The maximum Gasteiger partial charge on any atom is 0.123 e. The lowest BCUT2D eigenvalue weighted by molar-refractivity contribution is 0.170. The summed E-state index contributed by atoms with van der Waals surface area (Å²) in [4.78, 5) is 0. The lowest BCUT2D eigenvalue weighted by Crippen LogP contribution is -2.24. The van der Waals surface area contributed by atoms with Gasteiger partial charge in [0.25, 0.3) is 0 Å². The van der Waals surface area contributed by atoms with Crippen molar-refractivity contribution in [3.8, 4) is 11.5 Å². The summed E-state index contributed by atoms with van der Waals surface area (Å²) in [6, 6.07) is 11.6. The first kappa shape index (κ1) is 17.2. The second-order valence-electron chi connectivity index (χ2n) is 5.34. The summed E-state index contributed by atoms with van der Waals surface area (Å²) in [6.07, 6.45) is -0.707. The maximum atomic E-state index is 12.9. The summed E-state index contributed by atoms with van der Waals surface area (Å²) in [5, 5.41) is 13.6. The van der Waals surface area contributed by atoms with E-state index < -0.39 is 6.10 Å². The number of aliphatic hydroxyl groups excluding tert-OH is 1. The standard InChI is InChI=1S/C18H22FNO3/c1-12(13-4-6-15(19)7-5-13)20-11-18(21)14-8-16(22-2)10-17(9-14)23-3/h4-10,12,18,20-21H,11H2,1-3H3/t12-,18+/m0/s1. The second-order valence-corrected chi connectivity index (χ2v) is 5.34. The van der Waals surface area contributed by atoms with Crippen molar-refractivity contribution < 1.29 is 19.0 Å². The van der Waals surface area contributed by atoms with Gasteiger partial charge in [0.1, 0.15) is 17.3 Å². The molecule has 2 atom stereocenters. The molecule has 0 bridgehead atoms. The Morgan fingerprint density at radius 3 is 2.09 bits per heavy atom. The van der Waals surface area contributed by atoms with Crippen LogP contribution in [0.15, 0.2) is 42.5 Å². The lowest BCUT2D eigenvalue weighted by Gasteiger charge is -2.19. The Bertz CT molecular complexity index is 608. The van der Waals surface area contributed by atoms with Gasteiger partial charge in [0, 0.05) is 18.7 Å². The highest BCUT2D eigenvalue weighted by molar-refractivity contribution is 5.39. The van der Waals surface area contributed by atoms with Gasteiger partial charge in [-0.2, -0.15) is 0 Å². The molecular weight excluding hydrogens is 297 g/mol. The molecule has 0 spiro atoms. The zero-order valence-electron chi connectivity index (χ0n) is 13.5. The Balaban J connectivity index is 2.01. The van der Waals surface area contributed by atoms with Crippen molar-refractivity contribution in [2.24, 2.45) is 0 Å². The first-order valence-corrected chi connectivity index (χ1v) is 7.43. The van der Waals surface area contributed by atoms with E-state index in [1.807, 2.05) is 6.92 Å². The fourth-order valence-corrected chi connectivity index (χ4v) is 2.30. The smallest absolute Gasteiger partial charge is 0.123 e. The monoisotopic (exact) mass is 319 g/mol. The van der Waals surface area contributed by atoms with Crippen molar-refractivity contribution >= 4 is 0 Å². The van der Waals surface area contributed by atoms with Crippen LogP contribution in [0.25, 0.3) is 0 Å². The summed E-state index contributed by atoms with van der Waals surface area (Å²) in [5.41, 5.74) is 1.67. The Kier molecular flexibility index (Phi) is 5.96. The SMILES string of the molecule is COc1cc(OC)cc([C@H](O)CN[C@@H](C)c2ccc(F)cc2)c1. The average Bonchev–Trinajstić information content (AvgIpc) is 2.59. The number of ether oxygens (including phenoxy) is 2. The average molecular weight is 319 g/mol. The minimum Gasteiger partial charge on any atom is -0.497 e. The molecule has 5 heteroatoms. The molecule has 0 aliphatic rings. The van der Waals surface area contributed by atoms with E-state index in [1.165, 1.54) is 12.1 Å². The normalized spacial score (nSPS) is 13.4. The highest BCUT2D eigenvalue weighted by atomic mass is 19.1. The van der Waals surface area contributed by atoms with Crippen molar-refractivity contribution in [2.45, 2.75) is 19.1 Å². The maximum absolute atomic E-state index is 12.9. The molecule has 0 aliphatic carbocycles. The summed E-state index contributed by atoms with van der Waals surface area (Å²) < 4.78 is 23.4. The van der Waals surface area contributed by atoms with E-state index in [9.17, 15) is 9.50 Å². The third-order valence-electron chi connectivity index (χ3n) is 3.75. The van der Waals surface area contributed by atoms with E-state index in [1.54, 1.807) is 44.6 Å². The summed E-state index contributed by atoms with van der Waals surface area (Å²) in [7, 11) is 3.14. The quantitative estimate of drug-likeness (QED) is 0.823. The number of hydrogen-bond donors (Lipinski definition) is 2. The summed E-state index contributed by atoms with van der Waals surface area (Å²) in [6.45, 7) is 2.32. The van der Waals surface area contributed by atoms with Gasteiger partial charge in [-0.05, 0) is 42.3 Å². The van der Waals surface area contributed by atoms with E-state index in [0.717, 1.165) is 5.56 Å². The van der Waals surface area contributed by atoms with Crippen LogP contribution in [0.2, 0.25) is 0 Å². The number of halogens is 1. The van der Waals surface area contributed by atoms with Gasteiger partial charge in [-0.3, -0.25) is 0 Å². The minimum atomic E-state index is -0.707. The molecule has 0 amide bonds. The van der Waals surface area contributed by atoms with E-state index in [-0.39, 0.29) is 11.9 Å². The number of aliphatic hydroxyl groups is 1. The zero-order valence-corrected chi connectivity index (χ0v) is 13.5. The van der Waals surface area contributed by atoms with E-state index in [4.69, 9.17) is 9.47 Å². The van der Waals surface area contributed by atoms with Crippen LogP contribution in [-0.2, 0) is 0 Å². The molecule has 2 N–H and O–H groups in total. The fourth-order valence-electron chi connectivity index (χ4n) is 2.30. The molecule has 0 radical (unpaired) electrons. The largest absolute Gasteiger partial charge is 0.497 e. The Morgan fingerprint density at radius 2 is 1.57 bits per heavy atom. The van der Waals surface area contributed by atoms with Crippen LogP contribution < -0.4 is 14.8 Å². The third kappa shape index (κ3) is 4.68. The number of rotatable bonds is 7. The predicted octanol–water partition coefficient (Wildman–Crippen LogP) is 3.23. The van der Waals surface area contributed by atoms with Gasteiger partial charge in [0.15, 0.2) is 0 Å². The molecule has 0 aromatic heterocycles. The molecule has 0 unspecified atom stereocenters. The van der Waals surface area contributed by atoms with Crippen molar-refractivity contribution in [3.63, 3.8) is 0 Å². The van der Waals surface area contributed by atoms with E-state index in [0.29, 0.717) is 23.6 Å². The molecule has 2 aromatic carbocycles. The molecule has 124 valence electrons. The Labute approximate surface area is 135 Å². The van der Waals surface area contributed by atoms with Crippen molar-refractivity contribution in [1.29, 1.82) is 0 Å². The van der Waals surface area contributed by atoms with Crippen LogP contribution in [0.4, 0.5) is 4.39 Å². The Hall–Kier alpha value is -2.11. The van der Waals surface area contributed by atoms with Gasteiger partial charge in [-0.1, -0.05) is 12.1 Å². The van der Waals surface area contributed by atoms with Crippen LogP contribution in [0.1, 0.15) is 30.2 Å². The highest BCUT2D eigenvalue weighted by Crippen LogP contribution is 2.26. The highest BCUT2D eigenvalue weighted by Gasteiger charge is 2.13. The molecule has 0 fully saturated rings. The molecule has 0 saturated carbocycles. The molecule has 0 saturated heterocycles. The summed E-state index contributed by atoms with van der Waals surface area (Å²) >= 11 is 0. The Morgan fingerprint density at radius 1 is 1.00 bits per heavy atom. The number of methoxy groups -OCH3 is 2. The van der Waals surface area contributed by atoms with Gasteiger partial charge in [0.2, 0.25) is 0 Å². The second kappa shape index (κ2) is 7.94. The van der Waals surface area contributed by atoms with E-state index >= 15 is 0 Å². The molecule has 0 heterocycles. The zero-order chi connectivity index (χ0) is 16.8. The van der Waals surface area contributed by atoms with Gasteiger partial charge in [0.05, 0.1) is 20.3 Å². The van der Waals surface area contributed by atoms with Crippen LogP contribution >= 0.6 is 0 Å². The summed E-state index contributed by atoms with van der Waals surface area (Å²) in [5.74, 6) is 0.999. The molecule has 2 aromatic rings. The van der Waals surface area contributed by atoms with Crippen LogP contribution in [0.5, 0.6) is 11.5 Å². The number of benzene rings is 2. The van der Waals surface area contributed by atoms with Crippen molar-refractivity contribution in [1.82, 2.24) is 5.32 Å². The van der Waals surface area contributed by atoms with Crippen LogP contribution in [-0.4, -0.2) is 25.9 Å². The molecule has 0 aliphatic heterocycles. The van der Waals surface area contributed by atoms with Crippen LogP contribution in [0.3, 0.4) is 0 Å². The third-order valence-corrected chi connectivity index (χ3v) is 3.75. The molecule has 23 heavy (non-hydrogen) atoms. The van der Waals surface area contributed by atoms with Gasteiger partial charge < -0.3 is 19.9 Å². The van der Waals surface area contributed by atoms with E-state index in [2.05, 4.69) is 5.32 Å². The number of nitrogens with one attached hydrogen (secondary N) is 1. The van der Waals surface area contributed by atoms with Gasteiger partial charge in [-0.15, -0.1) is 0 Å². The number of hydrogen-bond acceptors (Lipinski definition) is 4. The van der Waals surface area contributed by atoms with Crippen molar-refractivity contribution in [3.05, 3.63) is 59.4 Å². The predicted molar refractivity (Wildman–Crippen MR) is 87.3 cm³/mol. The first-order chi connectivity index (χ1) is 11.0. The lowest BCUT2D eigenvalue weighted by atomic mass is 10.1. The minimum absolute atomic E-state index is 0.00208. The molecular formula is C18H22FNO3. The van der Waals surface area contributed by atoms with Gasteiger partial charge in [-0.25, -0.2) is 4.39 Å². The fraction of sp³-hybridized carbons (Fsp3) is 0.333.